The van der Waals surface area contributed by atoms with E-state index in [1.165, 1.54) is 0 Å². The van der Waals surface area contributed by atoms with Crippen molar-refractivity contribution >= 4 is 11.8 Å². The molecule has 5 nitrogen and oxygen atoms in total. The van der Waals surface area contributed by atoms with Gasteiger partial charge in [-0.25, -0.2) is 0 Å². The van der Waals surface area contributed by atoms with E-state index in [1.807, 2.05) is 25.7 Å². The summed E-state index contributed by atoms with van der Waals surface area (Å²) in [7, 11) is 1.74. The van der Waals surface area contributed by atoms with E-state index in [0.29, 0.717) is 0 Å². The Morgan fingerprint density at radius 3 is 2.30 bits per heavy atom. The Bertz CT molecular complexity index is 363. The molecule has 0 bridgehead atoms. The Hall–Kier alpha value is -1.10. The number of hydrogen-bond acceptors (Lipinski definition) is 3. The summed E-state index contributed by atoms with van der Waals surface area (Å²) < 4.78 is 0. The third-order valence-electron chi connectivity index (χ3n) is 4.06. The lowest BCUT2D eigenvalue weighted by Gasteiger charge is -2.35. The Morgan fingerprint density at radius 1 is 1.30 bits per heavy atom. The van der Waals surface area contributed by atoms with Gasteiger partial charge in [-0.15, -0.1) is 0 Å². The van der Waals surface area contributed by atoms with Gasteiger partial charge in [-0.1, -0.05) is 20.8 Å². The molecule has 0 radical (unpaired) electrons. The molecule has 0 aromatic rings. The van der Waals surface area contributed by atoms with Gasteiger partial charge in [-0.05, 0) is 39.2 Å². The molecule has 20 heavy (non-hydrogen) atoms. The average molecular weight is 283 g/mol. The van der Waals surface area contributed by atoms with E-state index in [4.69, 9.17) is 0 Å². The minimum absolute atomic E-state index is 0.0409. The van der Waals surface area contributed by atoms with Crippen molar-refractivity contribution < 1.29 is 9.59 Å². The lowest BCUT2D eigenvalue weighted by atomic mass is 9.85. The van der Waals surface area contributed by atoms with E-state index in [9.17, 15) is 9.59 Å². The van der Waals surface area contributed by atoms with E-state index in [-0.39, 0.29) is 29.3 Å². The second-order valence-electron chi connectivity index (χ2n) is 6.84. The predicted octanol–water partition coefficient (Wildman–Crippen LogP) is 1.14. The van der Waals surface area contributed by atoms with Crippen LogP contribution < -0.4 is 10.6 Å². The molecule has 0 aliphatic carbocycles. The molecule has 0 spiro atoms. The number of nitrogens with zero attached hydrogens (tertiary/aromatic N) is 1. The van der Waals surface area contributed by atoms with Crippen molar-refractivity contribution in [1.82, 2.24) is 15.5 Å². The highest BCUT2D eigenvalue weighted by atomic mass is 16.2. The molecule has 2 N–H and O–H groups in total. The molecule has 0 aromatic heterocycles. The highest BCUT2D eigenvalue weighted by Crippen LogP contribution is 2.25. The molecule has 2 amide bonds. The van der Waals surface area contributed by atoms with Crippen molar-refractivity contribution in [2.75, 3.05) is 13.6 Å². The fourth-order valence-corrected chi connectivity index (χ4v) is 2.47. The molecule has 116 valence electrons. The smallest absolute Gasteiger partial charge is 0.245 e. The van der Waals surface area contributed by atoms with Crippen molar-refractivity contribution in [3.8, 4) is 0 Å². The van der Waals surface area contributed by atoms with E-state index in [0.717, 1.165) is 19.4 Å². The molecule has 3 atom stereocenters. The molecule has 1 saturated heterocycles. The van der Waals surface area contributed by atoms with Crippen molar-refractivity contribution in [1.29, 1.82) is 0 Å². The minimum atomic E-state index is -0.480. The zero-order chi connectivity index (χ0) is 15.5. The summed E-state index contributed by atoms with van der Waals surface area (Å²) in [6, 6.07) is -0.513. The summed E-state index contributed by atoms with van der Waals surface area (Å²) in [6.07, 6.45) is 2.09. The molecule has 0 saturated carbocycles. The van der Waals surface area contributed by atoms with Gasteiger partial charge in [0.25, 0.3) is 0 Å². The van der Waals surface area contributed by atoms with Gasteiger partial charge in [0, 0.05) is 12.6 Å². The molecule has 1 aliphatic rings. The fraction of sp³-hybridized carbons (Fsp3) is 0.867. The number of nitrogens with one attached hydrogen (secondary N) is 2. The largest absolute Gasteiger partial charge is 0.342 e. The Balaban J connectivity index is 2.85. The highest BCUT2D eigenvalue weighted by molar-refractivity contribution is 5.90. The first-order chi connectivity index (χ1) is 9.18. The first-order valence-corrected chi connectivity index (χ1v) is 7.46. The van der Waals surface area contributed by atoms with Crippen molar-refractivity contribution in [2.24, 2.45) is 5.41 Å². The quantitative estimate of drug-likeness (QED) is 0.813. The maximum Gasteiger partial charge on any atom is 0.245 e. The van der Waals surface area contributed by atoms with Gasteiger partial charge in [0.1, 0.15) is 6.04 Å². The first-order valence-electron chi connectivity index (χ1n) is 7.46. The third kappa shape index (κ3) is 3.95. The van der Waals surface area contributed by atoms with Crippen LogP contribution in [0.2, 0.25) is 0 Å². The Morgan fingerprint density at radius 2 is 1.90 bits per heavy atom. The van der Waals surface area contributed by atoms with Crippen LogP contribution in [-0.2, 0) is 9.59 Å². The summed E-state index contributed by atoms with van der Waals surface area (Å²) in [5.74, 6) is -0.0909. The van der Waals surface area contributed by atoms with Crippen LogP contribution in [0.25, 0.3) is 0 Å². The summed E-state index contributed by atoms with van der Waals surface area (Å²) >= 11 is 0. The fourth-order valence-electron chi connectivity index (χ4n) is 2.47. The third-order valence-corrected chi connectivity index (χ3v) is 4.06. The van der Waals surface area contributed by atoms with Crippen LogP contribution in [0.1, 0.15) is 47.5 Å². The molecule has 1 fully saturated rings. The van der Waals surface area contributed by atoms with E-state index >= 15 is 0 Å². The monoisotopic (exact) mass is 283 g/mol. The molecular formula is C15H29N3O2. The van der Waals surface area contributed by atoms with Gasteiger partial charge in [0.15, 0.2) is 0 Å². The summed E-state index contributed by atoms with van der Waals surface area (Å²) in [5.41, 5.74) is -0.303. The van der Waals surface area contributed by atoms with Crippen LogP contribution in [0.4, 0.5) is 0 Å². The minimum Gasteiger partial charge on any atom is -0.342 e. The van der Waals surface area contributed by atoms with Gasteiger partial charge in [0.2, 0.25) is 11.8 Å². The summed E-state index contributed by atoms with van der Waals surface area (Å²) in [5, 5.41) is 5.81. The summed E-state index contributed by atoms with van der Waals surface area (Å²) in [6.45, 7) is 10.6. The van der Waals surface area contributed by atoms with Gasteiger partial charge < -0.3 is 15.5 Å². The van der Waals surface area contributed by atoms with E-state index in [1.54, 1.807) is 14.0 Å². The normalized spacial score (nSPS) is 22.5. The van der Waals surface area contributed by atoms with Gasteiger partial charge in [0.05, 0.1) is 6.04 Å². The second kappa shape index (κ2) is 6.57. The maximum atomic E-state index is 12.7. The molecule has 5 heteroatoms. The SMILES string of the molecule is CN[C@@H](C)C(=O)NC(C(=O)N1CCCC1C)C(C)(C)C. The molecule has 0 aromatic carbocycles. The van der Waals surface area contributed by atoms with Gasteiger partial charge >= 0.3 is 0 Å². The van der Waals surface area contributed by atoms with Gasteiger partial charge in [-0.3, -0.25) is 9.59 Å². The number of rotatable bonds is 4. The standard InChI is InChI=1S/C15H29N3O2/c1-10-8-7-9-18(10)14(20)12(15(3,4)5)17-13(19)11(2)16-6/h10-12,16H,7-9H2,1-6H3,(H,17,19)/t10?,11-,12?/m0/s1. The number of likely N-dealkylation sites (tertiary alicyclic amines) is 1. The van der Waals surface area contributed by atoms with Crippen LogP contribution in [0, 0.1) is 5.41 Å². The van der Waals surface area contributed by atoms with E-state index < -0.39 is 6.04 Å². The van der Waals surface area contributed by atoms with Crippen molar-refractivity contribution in [2.45, 2.75) is 65.6 Å². The number of hydrogen-bond donors (Lipinski definition) is 2. The van der Waals surface area contributed by atoms with E-state index in [2.05, 4.69) is 17.6 Å². The Labute approximate surface area is 122 Å². The Kier molecular flexibility index (Phi) is 5.57. The highest BCUT2D eigenvalue weighted by Gasteiger charge is 2.38. The maximum absolute atomic E-state index is 12.7. The van der Waals surface area contributed by atoms with Crippen LogP contribution in [0.5, 0.6) is 0 Å². The molecular weight excluding hydrogens is 254 g/mol. The topological polar surface area (TPSA) is 61.4 Å². The first kappa shape index (κ1) is 17.0. The van der Waals surface area contributed by atoms with Crippen LogP contribution in [0.3, 0.4) is 0 Å². The second-order valence-corrected chi connectivity index (χ2v) is 6.84. The molecule has 2 unspecified atom stereocenters. The number of amides is 2. The lowest BCUT2D eigenvalue weighted by Crippen LogP contribution is -2.57. The summed E-state index contributed by atoms with van der Waals surface area (Å²) in [4.78, 5) is 26.7. The van der Waals surface area contributed by atoms with Crippen LogP contribution >= 0.6 is 0 Å². The molecule has 1 aliphatic heterocycles. The zero-order valence-electron chi connectivity index (χ0n) is 13.6. The van der Waals surface area contributed by atoms with Crippen LogP contribution in [0.15, 0.2) is 0 Å². The average Bonchev–Trinajstić information content (AvgIpc) is 2.78. The number of carbonyl (C=O) groups is 2. The van der Waals surface area contributed by atoms with Crippen molar-refractivity contribution in [3.05, 3.63) is 0 Å². The molecule has 1 heterocycles. The van der Waals surface area contributed by atoms with Crippen LogP contribution in [-0.4, -0.2) is 48.4 Å². The van der Waals surface area contributed by atoms with Crippen molar-refractivity contribution in [3.63, 3.8) is 0 Å². The van der Waals surface area contributed by atoms with Gasteiger partial charge in [-0.2, -0.15) is 0 Å². The molecule has 1 rings (SSSR count). The predicted molar refractivity (Wildman–Crippen MR) is 80.3 cm³/mol. The number of likely N-dealkylation sites (N-methyl/N-ethyl adjacent to an activating group) is 1. The number of carbonyl (C=O) groups excluding carboxylic acids is 2. The zero-order valence-corrected chi connectivity index (χ0v) is 13.6. The lowest BCUT2D eigenvalue weighted by molar-refractivity contribution is -0.140.